The molecule has 26 nitrogen and oxygen atoms in total. The van der Waals surface area contributed by atoms with Gasteiger partial charge in [-0.05, 0) is 88.6 Å². The number of phenolic OH excluding ortho intramolecular Hbond substituents is 1. The number of carboxylic acid groups (broad SMARTS) is 2. The Morgan fingerprint density at radius 1 is 0.806 bits per heavy atom. The molecule has 1 saturated heterocycles. The number of aromatic hydroxyl groups is 1. The number of aromatic nitrogens is 2. The third-order valence-electron chi connectivity index (χ3n) is 12.0. The number of carboxylic acids is 2. The molecule has 0 saturated carbocycles. The standard InChI is InChI=1S/C46H72N14O12/c1-4-26(2)38(45(71)72)59-43(69)35-11-8-20-60(35)44(70)34(22-28-23-51-25-53-28)58-41(67)32(16-17-37(63)64)56-42(68)33(21-27-12-14-29(61)15-13-27)57-40(66)31(9-5-6-18-47)55-39(65)30(54-36(62)24-50-3)10-7-19-52-46(48)49/h12-15,23,25-26,30-35,38,50,61H,4-11,16-22,24,47H2,1-3H3,(H,51,53)(H,54,62)(H,55,65)(H,56,68)(H,57,66)(H,58,67)(H,59,69)(H,63,64)(H,71,72)(H4,48,49,52)/t26-,30-,31-,32-,33-,34-,35-,38-/m0/s1. The summed E-state index contributed by atoms with van der Waals surface area (Å²) in [4.78, 5) is 133. The van der Waals surface area contributed by atoms with E-state index in [1.165, 1.54) is 41.7 Å². The van der Waals surface area contributed by atoms with Gasteiger partial charge in [-0.25, -0.2) is 9.78 Å². The Labute approximate surface area is 417 Å². The molecule has 72 heavy (non-hydrogen) atoms. The normalized spacial score (nSPS) is 16.1. The molecule has 1 aromatic heterocycles. The van der Waals surface area contributed by atoms with E-state index < -0.39 is 114 Å². The number of rotatable bonds is 32. The minimum Gasteiger partial charge on any atom is -0.508 e. The average molecular weight is 1010 g/mol. The van der Waals surface area contributed by atoms with Crippen LogP contribution in [0.15, 0.2) is 41.8 Å². The number of imidazole rings is 1. The molecule has 26 heteroatoms. The lowest BCUT2D eigenvalue weighted by atomic mass is 9.98. The van der Waals surface area contributed by atoms with Gasteiger partial charge in [-0.1, -0.05) is 32.4 Å². The predicted molar refractivity (Wildman–Crippen MR) is 261 cm³/mol. The molecular weight excluding hydrogens is 941 g/mol. The van der Waals surface area contributed by atoms with E-state index in [2.05, 4.69) is 52.2 Å². The van der Waals surface area contributed by atoms with Gasteiger partial charge in [-0.15, -0.1) is 0 Å². The van der Waals surface area contributed by atoms with Crippen LogP contribution in [-0.2, 0) is 56.0 Å². The first-order valence-corrected chi connectivity index (χ1v) is 24.0. The highest BCUT2D eigenvalue weighted by Crippen LogP contribution is 2.21. The number of aliphatic carboxylic acids is 2. The molecule has 0 radical (unpaired) electrons. The second kappa shape index (κ2) is 30.4. The van der Waals surface area contributed by atoms with Crippen LogP contribution in [0.3, 0.4) is 0 Å². The molecule has 2 heterocycles. The van der Waals surface area contributed by atoms with Crippen molar-refractivity contribution in [2.75, 3.05) is 33.2 Å². The number of unbranched alkanes of at least 4 members (excludes halogenated alkanes) is 1. The topological polar surface area (TPSA) is 421 Å². The van der Waals surface area contributed by atoms with E-state index in [9.17, 15) is 58.5 Å². The van der Waals surface area contributed by atoms with Gasteiger partial charge in [-0.2, -0.15) is 0 Å². The molecule has 398 valence electrons. The van der Waals surface area contributed by atoms with Crippen molar-refractivity contribution in [2.24, 2.45) is 28.1 Å². The summed E-state index contributed by atoms with van der Waals surface area (Å²) in [5.74, 6) is -8.68. The van der Waals surface area contributed by atoms with E-state index in [0.29, 0.717) is 36.9 Å². The minimum absolute atomic E-state index is 0.0421. The number of H-pyrrole nitrogens is 1. The SMILES string of the molecule is CC[C@H](C)[C@H](NC(=O)[C@@H]1CCCN1C(=O)[C@H](Cc1cnc[nH]1)NC(=O)[C@H](CCC(=O)O)NC(=O)[C@H](Cc1ccc(O)cc1)NC(=O)[C@H](CCCCN)NC(=O)[C@H](CCCN=C(N)N)NC(=O)CNC)C(=O)O. The number of amides is 7. The third kappa shape index (κ3) is 19.8. The number of hydrogen-bond acceptors (Lipinski definition) is 14. The number of benzene rings is 1. The molecule has 0 unspecified atom stereocenters. The minimum atomic E-state index is -1.63. The molecule has 0 aliphatic carbocycles. The highest BCUT2D eigenvalue weighted by Gasteiger charge is 2.41. The van der Waals surface area contributed by atoms with Crippen molar-refractivity contribution in [3.8, 4) is 5.75 Å². The van der Waals surface area contributed by atoms with Crippen molar-refractivity contribution in [1.82, 2.24) is 52.1 Å². The zero-order valence-electron chi connectivity index (χ0n) is 41.0. The van der Waals surface area contributed by atoms with Gasteiger partial charge in [0.15, 0.2) is 5.96 Å². The average Bonchev–Trinajstić information content (AvgIpc) is 4.05. The Hall–Kier alpha value is -7.35. The number of guanidine groups is 1. The number of phenols is 1. The Kier molecular flexibility index (Phi) is 24.9. The second-order valence-electron chi connectivity index (χ2n) is 17.6. The van der Waals surface area contributed by atoms with Gasteiger partial charge in [0.25, 0.3) is 0 Å². The number of carbonyl (C=O) groups excluding carboxylic acids is 7. The van der Waals surface area contributed by atoms with Gasteiger partial charge >= 0.3 is 11.9 Å². The van der Waals surface area contributed by atoms with Crippen molar-refractivity contribution >= 4 is 59.2 Å². The highest BCUT2D eigenvalue weighted by molar-refractivity contribution is 5.98. The fourth-order valence-electron chi connectivity index (χ4n) is 7.89. The number of carbonyl (C=O) groups is 9. The number of likely N-dealkylation sites (tertiary alicyclic amines) is 1. The lowest BCUT2D eigenvalue weighted by Gasteiger charge is -2.31. The van der Waals surface area contributed by atoms with Crippen LogP contribution in [0.4, 0.5) is 0 Å². The number of aromatic amines is 1. The van der Waals surface area contributed by atoms with Gasteiger partial charge in [0, 0.05) is 44.2 Å². The van der Waals surface area contributed by atoms with E-state index in [4.69, 9.17) is 17.2 Å². The Balaban J connectivity index is 1.96. The van der Waals surface area contributed by atoms with E-state index >= 15 is 0 Å². The van der Waals surface area contributed by atoms with Gasteiger partial charge in [-0.3, -0.25) is 43.3 Å². The molecule has 8 atom stereocenters. The molecule has 1 fully saturated rings. The Morgan fingerprint density at radius 2 is 1.40 bits per heavy atom. The van der Waals surface area contributed by atoms with Crippen LogP contribution in [-0.4, -0.2) is 165 Å². The molecule has 1 aromatic carbocycles. The maximum atomic E-state index is 14.4. The zero-order chi connectivity index (χ0) is 53.3. The van der Waals surface area contributed by atoms with Crippen molar-refractivity contribution in [3.05, 3.63) is 48.0 Å². The molecule has 17 N–H and O–H groups in total. The fourth-order valence-corrected chi connectivity index (χ4v) is 7.89. The molecule has 0 bridgehead atoms. The molecule has 1 aliphatic heterocycles. The quantitative estimate of drug-likeness (QED) is 0.0200. The number of hydrogen-bond donors (Lipinski definition) is 14. The van der Waals surface area contributed by atoms with Crippen molar-refractivity contribution in [1.29, 1.82) is 0 Å². The Bertz CT molecular complexity index is 2160. The summed E-state index contributed by atoms with van der Waals surface area (Å²) in [5, 5.41) is 47.9. The zero-order valence-corrected chi connectivity index (χ0v) is 41.0. The number of likely N-dealkylation sites (N-methyl/N-ethyl adjacent to an activating group) is 1. The van der Waals surface area contributed by atoms with Crippen LogP contribution >= 0.6 is 0 Å². The molecule has 7 amide bonds. The first-order valence-electron chi connectivity index (χ1n) is 24.0. The van der Waals surface area contributed by atoms with Crippen LogP contribution in [0.2, 0.25) is 0 Å². The summed E-state index contributed by atoms with van der Waals surface area (Å²) in [5.41, 5.74) is 17.4. The molecule has 3 rings (SSSR count). The summed E-state index contributed by atoms with van der Waals surface area (Å²) in [6, 6.07) is -3.60. The second-order valence-corrected chi connectivity index (χ2v) is 17.6. The number of nitrogens with zero attached hydrogens (tertiary/aromatic N) is 3. The first kappa shape index (κ1) is 59.0. The highest BCUT2D eigenvalue weighted by atomic mass is 16.4. The van der Waals surface area contributed by atoms with Gasteiger partial charge in [0.2, 0.25) is 41.4 Å². The van der Waals surface area contributed by atoms with Crippen LogP contribution in [0, 0.1) is 5.92 Å². The predicted octanol–water partition coefficient (Wildman–Crippen LogP) is -2.80. The maximum absolute atomic E-state index is 14.4. The largest absolute Gasteiger partial charge is 0.508 e. The monoisotopic (exact) mass is 1010 g/mol. The van der Waals surface area contributed by atoms with Crippen LogP contribution in [0.25, 0.3) is 0 Å². The van der Waals surface area contributed by atoms with Gasteiger partial charge < -0.3 is 79.6 Å². The van der Waals surface area contributed by atoms with E-state index in [1.54, 1.807) is 20.9 Å². The maximum Gasteiger partial charge on any atom is 0.326 e. The van der Waals surface area contributed by atoms with E-state index in [-0.39, 0.29) is 76.4 Å². The summed E-state index contributed by atoms with van der Waals surface area (Å²) in [6.45, 7) is 3.82. The summed E-state index contributed by atoms with van der Waals surface area (Å²) in [6.07, 6.45) is 3.44. The molecule has 0 spiro atoms. The van der Waals surface area contributed by atoms with Crippen molar-refractivity contribution in [3.63, 3.8) is 0 Å². The van der Waals surface area contributed by atoms with Crippen molar-refractivity contribution in [2.45, 2.75) is 133 Å². The number of nitrogens with two attached hydrogens (primary N) is 3. The summed E-state index contributed by atoms with van der Waals surface area (Å²) >= 11 is 0. The first-order chi connectivity index (χ1) is 34.3. The third-order valence-corrected chi connectivity index (χ3v) is 12.0. The van der Waals surface area contributed by atoms with Gasteiger partial charge in [0.05, 0.1) is 12.9 Å². The molecule has 1 aliphatic rings. The van der Waals surface area contributed by atoms with Gasteiger partial charge in [0.1, 0.15) is 48.0 Å². The summed E-state index contributed by atoms with van der Waals surface area (Å²) in [7, 11) is 1.54. The molecule has 2 aromatic rings. The van der Waals surface area contributed by atoms with Crippen LogP contribution in [0.5, 0.6) is 5.75 Å². The van der Waals surface area contributed by atoms with Crippen molar-refractivity contribution < 1.29 is 58.5 Å². The van der Waals surface area contributed by atoms with Crippen LogP contribution in [0.1, 0.15) is 89.3 Å². The molecular formula is C46H72N14O12. The number of aliphatic imine (C=N–C) groups is 1. The van der Waals surface area contributed by atoms with E-state index in [1.807, 2.05) is 0 Å². The van der Waals surface area contributed by atoms with Crippen LogP contribution < -0.4 is 54.4 Å². The fraction of sp³-hybridized carbons (Fsp3) is 0.587. The smallest absolute Gasteiger partial charge is 0.326 e. The number of nitrogens with one attached hydrogen (secondary N) is 8. The lowest BCUT2D eigenvalue weighted by Crippen LogP contribution is -2.60. The Morgan fingerprint density at radius 3 is 1.97 bits per heavy atom. The summed E-state index contributed by atoms with van der Waals surface area (Å²) < 4.78 is 0. The lowest BCUT2D eigenvalue weighted by molar-refractivity contribution is -0.146. The van der Waals surface area contributed by atoms with E-state index in [0.717, 1.165) is 0 Å².